The summed E-state index contributed by atoms with van der Waals surface area (Å²) in [7, 11) is 0. The van der Waals surface area contributed by atoms with Crippen molar-refractivity contribution in [2.45, 2.75) is 64.7 Å². The van der Waals surface area contributed by atoms with Gasteiger partial charge >= 0.3 is 5.97 Å². The summed E-state index contributed by atoms with van der Waals surface area (Å²) in [6.07, 6.45) is 9.65. The molecule has 0 spiro atoms. The molecule has 2 aromatic rings. The van der Waals surface area contributed by atoms with Crippen molar-refractivity contribution in [3.8, 4) is 11.1 Å². The molecule has 0 aliphatic carbocycles. The van der Waals surface area contributed by atoms with Crippen LogP contribution in [-0.4, -0.2) is 11.1 Å². The summed E-state index contributed by atoms with van der Waals surface area (Å²) in [5.41, 5.74) is 4.95. The summed E-state index contributed by atoms with van der Waals surface area (Å²) < 4.78 is 0. The molecule has 0 radical (unpaired) electrons. The van der Waals surface area contributed by atoms with Gasteiger partial charge in [-0.25, -0.2) is 0 Å². The standard InChI is InChI=1S/C23H30O2/c1-2-3-4-5-6-7-12-19-13-8-10-15-21(19)22-16-11-9-14-20(22)17-18-23(24)25/h8-11,13-16H,2-7,12,17-18H2,1H3,(H,24,25). The quantitative estimate of drug-likeness (QED) is 0.490. The number of carboxylic acid groups (broad SMARTS) is 1. The van der Waals surface area contributed by atoms with Crippen LogP contribution in [0.2, 0.25) is 0 Å². The van der Waals surface area contributed by atoms with Gasteiger partial charge in [0.1, 0.15) is 0 Å². The van der Waals surface area contributed by atoms with Crippen molar-refractivity contribution in [3.63, 3.8) is 0 Å². The third-order valence-corrected chi connectivity index (χ3v) is 4.73. The number of benzene rings is 2. The lowest BCUT2D eigenvalue weighted by Gasteiger charge is -2.14. The molecule has 25 heavy (non-hydrogen) atoms. The molecule has 0 saturated heterocycles. The summed E-state index contributed by atoms with van der Waals surface area (Å²) in [5, 5.41) is 9.00. The largest absolute Gasteiger partial charge is 0.481 e. The van der Waals surface area contributed by atoms with Crippen molar-refractivity contribution in [3.05, 3.63) is 59.7 Å². The molecule has 0 aromatic heterocycles. The Morgan fingerprint density at radius 3 is 1.88 bits per heavy atom. The number of hydrogen-bond acceptors (Lipinski definition) is 1. The molecule has 0 fully saturated rings. The summed E-state index contributed by atoms with van der Waals surface area (Å²) in [5.74, 6) is -0.741. The van der Waals surface area contributed by atoms with Gasteiger partial charge in [0.15, 0.2) is 0 Å². The van der Waals surface area contributed by atoms with Gasteiger partial charge in [-0.3, -0.25) is 4.79 Å². The fourth-order valence-electron chi connectivity index (χ4n) is 3.34. The summed E-state index contributed by atoms with van der Waals surface area (Å²) in [6, 6.07) is 16.8. The molecule has 0 amide bonds. The van der Waals surface area contributed by atoms with Crippen molar-refractivity contribution >= 4 is 5.97 Å². The second-order valence-electron chi connectivity index (χ2n) is 6.73. The number of unbranched alkanes of at least 4 members (excludes halogenated alkanes) is 5. The first-order chi connectivity index (χ1) is 12.2. The van der Waals surface area contributed by atoms with Crippen molar-refractivity contribution in [2.75, 3.05) is 0 Å². The molecule has 1 N–H and O–H groups in total. The van der Waals surface area contributed by atoms with E-state index >= 15 is 0 Å². The predicted molar refractivity (Wildman–Crippen MR) is 105 cm³/mol. The highest BCUT2D eigenvalue weighted by Crippen LogP contribution is 2.29. The molecule has 2 rings (SSSR count). The van der Waals surface area contributed by atoms with E-state index < -0.39 is 5.97 Å². The van der Waals surface area contributed by atoms with Gasteiger partial charge in [0.05, 0.1) is 0 Å². The van der Waals surface area contributed by atoms with Crippen LogP contribution in [0, 0.1) is 0 Å². The molecule has 0 bridgehead atoms. The van der Waals surface area contributed by atoms with E-state index in [0.717, 1.165) is 12.0 Å². The number of aliphatic carboxylic acids is 1. The van der Waals surface area contributed by atoms with Crippen LogP contribution >= 0.6 is 0 Å². The second kappa shape index (κ2) is 10.7. The first-order valence-electron chi connectivity index (χ1n) is 9.60. The highest BCUT2D eigenvalue weighted by Gasteiger charge is 2.10. The van der Waals surface area contributed by atoms with Gasteiger partial charge in [0.2, 0.25) is 0 Å². The normalized spacial score (nSPS) is 10.8. The molecule has 0 heterocycles. The lowest BCUT2D eigenvalue weighted by Crippen LogP contribution is -2.00. The van der Waals surface area contributed by atoms with Crippen LogP contribution in [0.5, 0.6) is 0 Å². The zero-order valence-corrected chi connectivity index (χ0v) is 15.3. The molecule has 0 aliphatic rings. The van der Waals surface area contributed by atoms with E-state index in [1.54, 1.807) is 0 Å². The smallest absolute Gasteiger partial charge is 0.303 e. The highest BCUT2D eigenvalue weighted by atomic mass is 16.4. The third-order valence-electron chi connectivity index (χ3n) is 4.73. The number of carboxylic acids is 1. The Balaban J connectivity index is 2.08. The van der Waals surface area contributed by atoms with E-state index in [2.05, 4.69) is 43.3 Å². The summed E-state index contributed by atoms with van der Waals surface area (Å²) in [6.45, 7) is 2.25. The SMILES string of the molecule is CCCCCCCCc1ccccc1-c1ccccc1CCC(=O)O. The Morgan fingerprint density at radius 1 is 0.760 bits per heavy atom. The number of carbonyl (C=O) groups is 1. The lowest BCUT2D eigenvalue weighted by atomic mass is 9.91. The fourth-order valence-corrected chi connectivity index (χ4v) is 3.34. The maximum Gasteiger partial charge on any atom is 0.303 e. The highest BCUT2D eigenvalue weighted by molar-refractivity contribution is 5.72. The van der Waals surface area contributed by atoms with Crippen molar-refractivity contribution < 1.29 is 9.90 Å². The summed E-state index contributed by atoms with van der Waals surface area (Å²) >= 11 is 0. The van der Waals surface area contributed by atoms with Crippen LogP contribution in [0.25, 0.3) is 11.1 Å². The Labute approximate surface area is 151 Å². The predicted octanol–water partition coefficient (Wildman–Crippen LogP) is 6.27. The molecule has 0 aliphatic heterocycles. The number of hydrogen-bond donors (Lipinski definition) is 1. The molecule has 0 saturated carbocycles. The first kappa shape index (κ1) is 19.2. The summed E-state index contributed by atoms with van der Waals surface area (Å²) in [4.78, 5) is 10.9. The average molecular weight is 338 g/mol. The lowest BCUT2D eigenvalue weighted by molar-refractivity contribution is -0.136. The zero-order valence-electron chi connectivity index (χ0n) is 15.3. The van der Waals surface area contributed by atoms with Gasteiger partial charge in [-0.2, -0.15) is 0 Å². The zero-order chi connectivity index (χ0) is 17.9. The molecule has 134 valence electrons. The van der Waals surface area contributed by atoms with Gasteiger partial charge in [-0.05, 0) is 41.5 Å². The van der Waals surface area contributed by atoms with Crippen LogP contribution in [0.4, 0.5) is 0 Å². The Bertz CT molecular complexity index is 661. The van der Waals surface area contributed by atoms with Crippen molar-refractivity contribution in [1.29, 1.82) is 0 Å². The Kier molecular flexibility index (Phi) is 8.24. The van der Waals surface area contributed by atoms with E-state index in [9.17, 15) is 4.79 Å². The molecule has 2 aromatic carbocycles. The average Bonchev–Trinajstić information content (AvgIpc) is 2.63. The minimum absolute atomic E-state index is 0.177. The van der Waals surface area contributed by atoms with Crippen LogP contribution in [0.1, 0.15) is 63.0 Å². The van der Waals surface area contributed by atoms with Crippen molar-refractivity contribution in [2.24, 2.45) is 0 Å². The maximum atomic E-state index is 10.9. The van der Waals surface area contributed by atoms with Gasteiger partial charge < -0.3 is 5.11 Å². The minimum atomic E-state index is -0.741. The van der Waals surface area contributed by atoms with Gasteiger partial charge in [-0.15, -0.1) is 0 Å². The fraction of sp³-hybridized carbons (Fsp3) is 0.435. The van der Waals surface area contributed by atoms with E-state index in [1.807, 2.05) is 12.1 Å². The third kappa shape index (κ3) is 6.38. The van der Waals surface area contributed by atoms with Crippen LogP contribution in [0.15, 0.2) is 48.5 Å². The molecular formula is C23H30O2. The Morgan fingerprint density at radius 2 is 1.28 bits per heavy atom. The van der Waals surface area contributed by atoms with Gasteiger partial charge in [0, 0.05) is 6.42 Å². The maximum absolute atomic E-state index is 10.9. The van der Waals surface area contributed by atoms with Crippen LogP contribution < -0.4 is 0 Å². The van der Waals surface area contributed by atoms with Gasteiger partial charge in [0.25, 0.3) is 0 Å². The minimum Gasteiger partial charge on any atom is -0.481 e. The monoisotopic (exact) mass is 338 g/mol. The van der Waals surface area contributed by atoms with E-state index in [-0.39, 0.29) is 6.42 Å². The van der Waals surface area contributed by atoms with E-state index in [0.29, 0.717) is 6.42 Å². The van der Waals surface area contributed by atoms with E-state index in [4.69, 9.17) is 5.11 Å². The Hall–Kier alpha value is -2.09. The first-order valence-corrected chi connectivity index (χ1v) is 9.60. The molecule has 0 atom stereocenters. The second-order valence-corrected chi connectivity index (χ2v) is 6.73. The number of rotatable bonds is 11. The molecule has 0 unspecified atom stereocenters. The molecule has 2 nitrogen and oxygen atoms in total. The van der Waals surface area contributed by atoms with E-state index in [1.165, 1.54) is 55.2 Å². The van der Waals surface area contributed by atoms with Gasteiger partial charge in [-0.1, -0.05) is 87.6 Å². The molecular weight excluding hydrogens is 308 g/mol. The molecule has 2 heteroatoms. The van der Waals surface area contributed by atoms with Crippen molar-refractivity contribution in [1.82, 2.24) is 0 Å². The van der Waals surface area contributed by atoms with Crippen LogP contribution in [0.3, 0.4) is 0 Å². The van der Waals surface area contributed by atoms with Crippen LogP contribution in [-0.2, 0) is 17.6 Å². The topological polar surface area (TPSA) is 37.3 Å². The number of aryl methyl sites for hydroxylation is 2.